The third-order valence-corrected chi connectivity index (χ3v) is 4.09. The van der Waals surface area contributed by atoms with Crippen LogP contribution in [0.1, 0.15) is 36.3 Å². The first-order valence-corrected chi connectivity index (χ1v) is 7.33. The summed E-state index contributed by atoms with van der Waals surface area (Å²) in [6.07, 6.45) is 0.733. The fourth-order valence-electron chi connectivity index (χ4n) is 2.87. The third kappa shape index (κ3) is 3.26. The Morgan fingerprint density at radius 2 is 2.14 bits per heavy atom. The number of nitrogens with one attached hydrogen (secondary N) is 1. The van der Waals surface area contributed by atoms with Gasteiger partial charge in [-0.3, -0.25) is 0 Å². The van der Waals surface area contributed by atoms with Gasteiger partial charge in [0.15, 0.2) is 0 Å². The van der Waals surface area contributed by atoms with E-state index in [2.05, 4.69) is 15.1 Å². The Balaban J connectivity index is 1.56. The minimum absolute atomic E-state index is 0.112. The zero-order valence-electron chi connectivity index (χ0n) is 12.0. The fourth-order valence-corrected chi connectivity index (χ4v) is 2.87. The van der Waals surface area contributed by atoms with Crippen molar-refractivity contribution in [2.75, 3.05) is 19.6 Å². The molecule has 7 heteroatoms. The molecule has 0 amide bonds. The summed E-state index contributed by atoms with van der Waals surface area (Å²) < 4.78 is 18.6. The van der Waals surface area contributed by atoms with Crippen LogP contribution in [0, 0.1) is 5.82 Å². The molecule has 0 radical (unpaired) electrons. The minimum Gasteiger partial charge on any atom is -0.392 e. The number of hydrogen-bond donors (Lipinski definition) is 2. The smallest absolute Gasteiger partial charge is 0.392 e. The van der Waals surface area contributed by atoms with Crippen LogP contribution in [-0.2, 0) is 0 Å². The molecule has 0 saturated carbocycles. The zero-order valence-corrected chi connectivity index (χ0v) is 12.0. The summed E-state index contributed by atoms with van der Waals surface area (Å²) in [5.41, 5.74) is 0.322. The van der Waals surface area contributed by atoms with Crippen molar-refractivity contribution in [3.05, 3.63) is 52.1 Å². The number of nitrogens with zero attached hydrogens (tertiary/aromatic N) is 2. The van der Waals surface area contributed by atoms with Crippen molar-refractivity contribution < 1.29 is 13.9 Å². The highest BCUT2D eigenvalue weighted by Gasteiger charge is 2.26. The molecule has 2 heterocycles. The number of aliphatic hydroxyl groups excluding tert-OH is 1. The lowest BCUT2D eigenvalue weighted by Gasteiger charge is -2.31. The predicted octanol–water partition coefficient (Wildman–Crippen LogP) is 1.41. The average molecular weight is 307 g/mol. The summed E-state index contributed by atoms with van der Waals surface area (Å²) >= 11 is 0. The van der Waals surface area contributed by atoms with Gasteiger partial charge in [-0.25, -0.2) is 14.3 Å². The number of piperidine rings is 1. The molecule has 2 aromatic rings. The van der Waals surface area contributed by atoms with Crippen LogP contribution in [0.25, 0.3) is 0 Å². The van der Waals surface area contributed by atoms with Gasteiger partial charge >= 0.3 is 5.76 Å². The maximum absolute atomic E-state index is 13.6. The molecular formula is C15H18FN3O3. The zero-order chi connectivity index (χ0) is 15.5. The minimum atomic E-state index is -0.846. The lowest BCUT2D eigenvalue weighted by Crippen LogP contribution is -2.36. The number of H-pyrrole nitrogens is 1. The van der Waals surface area contributed by atoms with Gasteiger partial charge in [-0.1, -0.05) is 18.2 Å². The van der Waals surface area contributed by atoms with Crippen molar-refractivity contribution in [1.82, 2.24) is 15.1 Å². The van der Waals surface area contributed by atoms with Crippen LogP contribution in [0.4, 0.5) is 4.39 Å². The van der Waals surface area contributed by atoms with E-state index < -0.39 is 11.9 Å². The van der Waals surface area contributed by atoms with Crippen molar-refractivity contribution >= 4 is 0 Å². The molecule has 0 aliphatic carbocycles. The second-order valence-corrected chi connectivity index (χ2v) is 5.56. The number of aromatic amines is 1. The number of benzene rings is 1. The fraction of sp³-hybridized carbons (Fsp3) is 0.467. The standard InChI is InChI=1S/C15H18FN3O3/c16-12-4-2-1-3-11(12)13(20)9-19-7-5-10(6-8-19)14-17-18-15(21)22-14/h1-4,10,13,20H,5-9H2,(H,18,21). The van der Waals surface area contributed by atoms with Crippen LogP contribution < -0.4 is 5.76 Å². The average Bonchev–Trinajstić information content (AvgIpc) is 2.95. The van der Waals surface area contributed by atoms with Crippen LogP contribution in [0.3, 0.4) is 0 Å². The van der Waals surface area contributed by atoms with Gasteiger partial charge in [-0.2, -0.15) is 0 Å². The Bertz CT molecular complexity index is 676. The van der Waals surface area contributed by atoms with Crippen LogP contribution in [0.15, 0.2) is 33.5 Å². The van der Waals surface area contributed by atoms with Gasteiger partial charge in [0, 0.05) is 18.0 Å². The van der Waals surface area contributed by atoms with E-state index in [-0.39, 0.29) is 11.7 Å². The Morgan fingerprint density at radius 1 is 1.41 bits per heavy atom. The summed E-state index contributed by atoms with van der Waals surface area (Å²) in [7, 11) is 0. The van der Waals surface area contributed by atoms with Crippen LogP contribution in [0.2, 0.25) is 0 Å². The van der Waals surface area contributed by atoms with Crippen molar-refractivity contribution in [1.29, 1.82) is 0 Å². The Kier molecular flexibility index (Phi) is 4.35. The number of likely N-dealkylation sites (tertiary alicyclic amines) is 1. The van der Waals surface area contributed by atoms with E-state index in [1.54, 1.807) is 18.2 Å². The molecule has 6 nitrogen and oxygen atoms in total. The van der Waals surface area contributed by atoms with Gasteiger partial charge in [0.05, 0.1) is 6.10 Å². The molecule has 1 aromatic heterocycles. The van der Waals surface area contributed by atoms with Gasteiger partial charge in [-0.05, 0) is 32.0 Å². The van der Waals surface area contributed by atoms with Crippen LogP contribution in [-0.4, -0.2) is 39.8 Å². The van der Waals surface area contributed by atoms with E-state index in [0.717, 1.165) is 25.9 Å². The molecule has 22 heavy (non-hydrogen) atoms. The number of rotatable bonds is 4. The normalized spacial score (nSPS) is 18.5. The Labute approximate surface area is 126 Å². The van der Waals surface area contributed by atoms with Crippen molar-refractivity contribution in [2.45, 2.75) is 24.9 Å². The molecule has 2 N–H and O–H groups in total. The summed E-state index contributed by atoms with van der Waals surface area (Å²) in [6, 6.07) is 6.28. The molecule has 1 unspecified atom stereocenters. The van der Waals surface area contributed by atoms with Crippen LogP contribution >= 0.6 is 0 Å². The number of halogens is 1. The first kappa shape index (κ1) is 14.9. The second kappa shape index (κ2) is 6.41. The van der Waals surface area contributed by atoms with E-state index in [4.69, 9.17) is 4.42 Å². The Hall–Kier alpha value is -1.99. The van der Waals surface area contributed by atoms with Crippen molar-refractivity contribution in [3.8, 4) is 0 Å². The van der Waals surface area contributed by atoms with E-state index in [0.29, 0.717) is 18.0 Å². The van der Waals surface area contributed by atoms with Crippen molar-refractivity contribution in [3.63, 3.8) is 0 Å². The van der Waals surface area contributed by atoms with Crippen molar-refractivity contribution in [2.24, 2.45) is 0 Å². The molecule has 118 valence electrons. The number of aliphatic hydroxyl groups is 1. The van der Waals surface area contributed by atoms with Crippen LogP contribution in [0.5, 0.6) is 0 Å². The SMILES string of the molecule is O=c1[nH]nc(C2CCN(CC(O)c3ccccc3F)CC2)o1. The molecule has 1 aliphatic heterocycles. The van der Waals surface area contributed by atoms with Gasteiger partial charge < -0.3 is 14.4 Å². The van der Waals surface area contributed by atoms with E-state index in [1.807, 2.05) is 0 Å². The maximum atomic E-state index is 13.6. The molecule has 3 rings (SSSR count). The first-order valence-electron chi connectivity index (χ1n) is 7.33. The van der Waals surface area contributed by atoms with E-state index >= 15 is 0 Å². The summed E-state index contributed by atoms with van der Waals surface area (Å²) in [6.45, 7) is 1.87. The maximum Gasteiger partial charge on any atom is 0.434 e. The summed E-state index contributed by atoms with van der Waals surface area (Å²) in [5.74, 6) is -0.365. The largest absolute Gasteiger partial charge is 0.434 e. The van der Waals surface area contributed by atoms with Gasteiger partial charge in [-0.15, -0.1) is 5.10 Å². The van der Waals surface area contributed by atoms with Gasteiger partial charge in [0.2, 0.25) is 5.89 Å². The number of hydrogen-bond acceptors (Lipinski definition) is 5. The highest BCUT2D eigenvalue weighted by Crippen LogP contribution is 2.27. The second-order valence-electron chi connectivity index (χ2n) is 5.56. The Morgan fingerprint density at radius 3 is 2.77 bits per heavy atom. The lowest BCUT2D eigenvalue weighted by molar-refractivity contribution is 0.0923. The number of aromatic nitrogens is 2. The molecule has 1 aromatic carbocycles. The van der Waals surface area contributed by atoms with Gasteiger partial charge in [0.1, 0.15) is 5.82 Å². The monoisotopic (exact) mass is 307 g/mol. The molecule has 1 fully saturated rings. The summed E-state index contributed by atoms with van der Waals surface area (Å²) in [4.78, 5) is 13.0. The summed E-state index contributed by atoms with van der Waals surface area (Å²) in [5, 5.41) is 16.3. The molecule has 0 spiro atoms. The molecule has 0 bridgehead atoms. The first-order chi connectivity index (χ1) is 10.6. The highest BCUT2D eigenvalue weighted by atomic mass is 19.1. The van der Waals surface area contributed by atoms with E-state index in [9.17, 15) is 14.3 Å². The topological polar surface area (TPSA) is 82.4 Å². The predicted molar refractivity (Wildman–Crippen MR) is 76.9 cm³/mol. The quantitative estimate of drug-likeness (QED) is 0.892. The molecular weight excluding hydrogens is 289 g/mol. The highest BCUT2D eigenvalue weighted by molar-refractivity contribution is 5.20. The molecule has 1 saturated heterocycles. The third-order valence-electron chi connectivity index (χ3n) is 4.09. The molecule has 1 atom stereocenters. The van der Waals surface area contributed by atoms with Gasteiger partial charge in [0.25, 0.3) is 0 Å². The van der Waals surface area contributed by atoms with E-state index in [1.165, 1.54) is 6.07 Å². The lowest BCUT2D eigenvalue weighted by atomic mass is 9.96. The number of β-amino-alcohol motifs (C(OH)–C–C–N with tert-alkyl or cyclic N) is 1. The molecule has 1 aliphatic rings.